The van der Waals surface area contributed by atoms with Crippen LogP contribution in [-0.2, 0) is 5.41 Å². The van der Waals surface area contributed by atoms with Crippen LogP contribution >= 0.6 is 0 Å². The van der Waals surface area contributed by atoms with E-state index < -0.39 is 0 Å². The molecule has 0 fully saturated rings. The van der Waals surface area contributed by atoms with Gasteiger partial charge in [-0.05, 0) is 61.0 Å². The molecule has 0 heteroatoms. The summed E-state index contributed by atoms with van der Waals surface area (Å²) >= 11 is 0. The Kier molecular flexibility index (Phi) is 2.10. The van der Waals surface area contributed by atoms with Crippen LogP contribution in [0.4, 0.5) is 0 Å². The molecule has 3 aromatic carbocycles. The van der Waals surface area contributed by atoms with E-state index in [1.165, 1.54) is 54.6 Å². The quantitative estimate of drug-likeness (QED) is 0.509. The number of rotatable bonds is 0. The van der Waals surface area contributed by atoms with Crippen molar-refractivity contribution in [3.05, 3.63) is 106 Å². The second-order valence-corrected chi connectivity index (χ2v) is 7.82. The summed E-state index contributed by atoms with van der Waals surface area (Å²) < 4.78 is 0. The maximum atomic E-state index is 2.44. The lowest BCUT2D eigenvalue weighted by Gasteiger charge is -2.46. The van der Waals surface area contributed by atoms with Gasteiger partial charge in [0.05, 0.1) is 5.41 Å². The van der Waals surface area contributed by atoms with Crippen molar-refractivity contribution in [2.45, 2.75) is 11.8 Å². The molecule has 0 radical (unpaired) electrons. The van der Waals surface area contributed by atoms with Crippen molar-refractivity contribution >= 4 is 33.7 Å². The minimum atomic E-state index is 0.00267. The molecular formula is C26H16. The minimum absolute atomic E-state index is 0.00267. The molecule has 0 heterocycles. The van der Waals surface area contributed by atoms with E-state index >= 15 is 0 Å². The summed E-state index contributed by atoms with van der Waals surface area (Å²) in [6, 6.07) is 13.5. The molecule has 0 saturated heterocycles. The Balaban J connectivity index is 1.84. The summed E-state index contributed by atoms with van der Waals surface area (Å²) in [5.74, 6) is 0. The first-order valence-corrected chi connectivity index (χ1v) is 9.34. The lowest BCUT2D eigenvalue weighted by Crippen LogP contribution is -2.43. The first-order chi connectivity index (χ1) is 12.9. The average Bonchev–Trinajstić information content (AvgIpc) is 2.69. The third-order valence-electron chi connectivity index (χ3n) is 6.69. The van der Waals surface area contributed by atoms with Crippen LogP contribution < -0.4 is 5.22 Å². The van der Waals surface area contributed by atoms with Gasteiger partial charge in [-0.1, -0.05) is 85.0 Å². The zero-order valence-electron chi connectivity index (χ0n) is 14.3. The maximum Gasteiger partial charge on any atom is 0.0503 e. The monoisotopic (exact) mass is 328 g/mol. The van der Waals surface area contributed by atoms with E-state index in [9.17, 15) is 0 Å². The Morgan fingerprint density at radius 2 is 1.62 bits per heavy atom. The summed E-state index contributed by atoms with van der Waals surface area (Å²) in [4.78, 5) is 0. The van der Waals surface area contributed by atoms with Gasteiger partial charge in [0.15, 0.2) is 0 Å². The fourth-order valence-corrected chi connectivity index (χ4v) is 5.69. The van der Waals surface area contributed by atoms with Crippen LogP contribution in [0.5, 0.6) is 0 Å². The fraction of sp³-hybridized carbons (Fsp3) is 0.0769. The summed E-state index contributed by atoms with van der Waals surface area (Å²) in [5, 5.41) is 6.96. The van der Waals surface area contributed by atoms with Gasteiger partial charge in [-0.25, -0.2) is 0 Å². The van der Waals surface area contributed by atoms with E-state index in [0.29, 0.717) is 0 Å². The predicted octanol–water partition coefficient (Wildman–Crippen LogP) is 5.52. The Bertz CT molecular complexity index is 1380. The summed E-state index contributed by atoms with van der Waals surface area (Å²) in [5.41, 5.74) is 7.26. The highest BCUT2D eigenvalue weighted by molar-refractivity contribution is 6.14. The molecule has 4 aliphatic rings. The summed E-state index contributed by atoms with van der Waals surface area (Å²) in [6.45, 7) is 0. The van der Waals surface area contributed by atoms with E-state index in [1.807, 2.05) is 0 Å². The molecule has 1 spiro atoms. The van der Waals surface area contributed by atoms with Gasteiger partial charge in [-0.2, -0.15) is 0 Å². The molecule has 1 unspecified atom stereocenters. The summed E-state index contributed by atoms with van der Waals surface area (Å²) in [7, 11) is 0. The van der Waals surface area contributed by atoms with E-state index in [2.05, 4.69) is 85.0 Å². The molecule has 0 N–H and O–H groups in total. The van der Waals surface area contributed by atoms with Gasteiger partial charge >= 0.3 is 0 Å². The van der Waals surface area contributed by atoms with Gasteiger partial charge in [0.1, 0.15) is 0 Å². The van der Waals surface area contributed by atoms with Gasteiger partial charge in [-0.3, -0.25) is 0 Å². The fourth-order valence-electron chi connectivity index (χ4n) is 5.69. The number of fused-ring (bicyclic) bond motifs is 3. The van der Waals surface area contributed by atoms with E-state index in [4.69, 9.17) is 0 Å². The van der Waals surface area contributed by atoms with E-state index in [-0.39, 0.29) is 5.41 Å². The van der Waals surface area contributed by atoms with Crippen molar-refractivity contribution in [3.63, 3.8) is 0 Å². The molecule has 0 amide bonds. The number of hydrogen-bond acceptors (Lipinski definition) is 0. The topological polar surface area (TPSA) is 0 Å². The van der Waals surface area contributed by atoms with Crippen molar-refractivity contribution < 1.29 is 0 Å². The predicted molar refractivity (Wildman–Crippen MR) is 110 cm³/mol. The van der Waals surface area contributed by atoms with Gasteiger partial charge in [-0.15, -0.1) is 0 Å². The lowest BCUT2D eigenvalue weighted by molar-refractivity contribution is 0.590. The van der Waals surface area contributed by atoms with E-state index in [0.717, 1.165) is 6.42 Å². The van der Waals surface area contributed by atoms with Crippen LogP contribution in [-0.4, -0.2) is 0 Å². The SMILES string of the molecule is C1=CC2=CC=C3C=c4c5c(c6cccc7cccc4c76)C=CC(=C1)C25C3. The van der Waals surface area contributed by atoms with Crippen LogP contribution in [0.25, 0.3) is 33.7 Å². The van der Waals surface area contributed by atoms with Crippen LogP contribution in [0.15, 0.2) is 89.6 Å². The van der Waals surface area contributed by atoms with Crippen LogP contribution in [0.1, 0.15) is 17.5 Å². The molecule has 0 nitrogen and oxygen atoms in total. The van der Waals surface area contributed by atoms with Crippen molar-refractivity contribution in [2.24, 2.45) is 0 Å². The second kappa shape index (κ2) is 4.16. The molecule has 1 atom stereocenters. The highest BCUT2D eigenvalue weighted by Gasteiger charge is 2.46. The number of hydrogen-bond donors (Lipinski definition) is 0. The molecule has 2 bridgehead atoms. The van der Waals surface area contributed by atoms with Crippen molar-refractivity contribution in [1.82, 2.24) is 0 Å². The standard InChI is InChI=1S/C26H16/c1-4-17-5-2-9-21-23-14-16-10-11-18-6-3-7-19-12-13-22(20(8-1)24(17)21)25(23)26(18,19)15-16/h1-14H,15H2. The maximum absolute atomic E-state index is 2.44. The number of allylic oxidation sites excluding steroid dienone is 9. The van der Waals surface area contributed by atoms with Crippen LogP contribution in [0, 0.1) is 0 Å². The van der Waals surface area contributed by atoms with Gasteiger partial charge in [0, 0.05) is 0 Å². The smallest absolute Gasteiger partial charge is 0.0503 e. The zero-order valence-corrected chi connectivity index (χ0v) is 14.3. The summed E-state index contributed by atoms with van der Waals surface area (Å²) in [6.07, 6.45) is 19.7. The molecule has 4 aliphatic carbocycles. The van der Waals surface area contributed by atoms with Crippen LogP contribution in [0.3, 0.4) is 0 Å². The minimum Gasteiger partial charge on any atom is -0.0616 e. The molecule has 0 aliphatic heterocycles. The first kappa shape index (κ1) is 13.1. The van der Waals surface area contributed by atoms with Gasteiger partial charge < -0.3 is 0 Å². The Morgan fingerprint density at radius 1 is 0.769 bits per heavy atom. The zero-order chi connectivity index (χ0) is 16.9. The first-order valence-electron chi connectivity index (χ1n) is 9.34. The highest BCUT2D eigenvalue weighted by Crippen LogP contribution is 2.54. The third-order valence-corrected chi connectivity index (χ3v) is 6.69. The third kappa shape index (κ3) is 1.29. The van der Waals surface area contributed by atoms with Crippen molar-refractivity contribution in [3.8, 4) is 0 Å². The van der Waals surface area contributed by atoms with Crippen molar-refractivity contribution in [1.29, 1.82) is 0 Å². The molecule has 26 heavy (non-hydrogen) atoms. The van der Waals surface area contributed by atoms with Crippen molar-refractivity contribution in [2.75, 3.05) is 0 Å². The molecule has 7 rings (SSSR count). The average molecular weight is 328 g/mol. The van der Waals surface area contributed by atoms with E-state index in [1.54, 1.807) is 0 Å². The van der Waals surface area contributed by atoms with Crippen LogP contribution in [0.2, 0.25) is 0 Å². The highest BCUT2D eigenvalue weighted by atomic mass is 14.5. The normalized spacial score (nSPS) is 24.1. The van der Waals surface area contributed by atoms with Gasteiger partial charge in [0.25, 0.3) is 0 Å². The Labute approximate surface area is 151 Å². The molecule has 120 valence electrons. The molecule has 0 saturated carbocycles. The Hall–Kier alpha value is -3.12. The molecular weight excluding hydrogens is 312 g/mol. The molecule has 0 aromatic heterocycles. The number of benzene rings is 3. The Morgan fingerprint density at radius 3 is 2.54 bits per heavy atom. The molecule has 3 aromatic rings. The second-order valence-electron chi connectivity index (χ2n) is 7.82. The lowest BCUT2D eigenvalue weighted by atomic mass is 9.56. The van der Waals surface area contributed by atoms with Gasteiger partial charge in [0.2, 0.25) is 0 Å². The largest absolute Gasteiger partial charge is 0.0616 e.